The molecule has 1 heterocycles. The molecule has 6 heteroatoms. The van der Waals surface area contributed by atoms with E-state index in [-0.39, 0.29) is 40.9 Å². The molecule has 4 unspecified atom stereocenters. The van der Waals surface area contributed by atoms with Gasteiger partial charge in [0.05, 0.1) is 11.8 Å². The third-order valence-corrected chi connectivity index (χ3v) is 6.11. The van der Waals surface area contributed by atoms with Gasteiger partial charge in [-0.1, -0.05) is 39.8 Å². The lowest BCUT2D eigenvalue weighted by molar-refractivity contribution is -0.140. The molecule has 3 rings (SSSR count). The van der Waals surface area contributed by atoms with Crippen LogP contribution < -0.4 is 10.6 Å². The fourth-order valence-electron chi connectivity index (χ4n) is 5.19. The van der Waals surface area contributed by atoms with E-state index in [0.717, 1.165) is 19.4 Å². The molecule has 2 aliphatic carbocycles. The first-order valence-electron chi connectivity index (χ1n) is 10.2. The Bertz CT molecular complexity index is 623. The molecule has 1 saturated heterocycles. The lowest BCUT2D eigenvalue weighted by atomic mass is 9.84. The fourth-order valence-corrected chi connectivity index (χ4v) is 5.19. The van der Waals surface area contributed by atoms with E-state index in [1.807, 2.05) is 0 Å². The van der Waals surface area contributed by atoms with Crippen LogP contribution in [0.5, 0.6) is 0 Å². The number of nitrogens with one attached hydrogen (secondary N) is 2. The predicted octanol–water partition coefficient (Wildman–Crippen LogP) is 2.03. The number of carbonyl (C=O) groups is 2. The molecule has 0 aromatic carbocycles. The number of aliphatic imine (C=N–C) groups is 1. The quantitative estimate of drug-likeness (QED) is 0.309. The second-order valence-electron chi connectivity index (χ2n) is 9.44. The van der Waals surface area contributed by atoms with Crippen molar-refractivity contribution in [1.82, 2.24) is 15.5 Å². The maximum Gasteiger partial charge on any atom is 0.233 e. The molecule has 6 nitrogen and oxygen atoms in total. The van der Waals surface area contributed by atoms with Gasteiger partial charge < -0.3 is 10.6 Å². The number of fused-ring (bicyclic) bond motifs is 5. The number of guanidine groups is 1. The summed E-state index contributed by atoms with van der Waals surface area (Å²) in [6, 6.07) is 0. The first-order chi connectivity index (χ1) is 12.7. The average Bonchev–Trinajstić information content (AvgIpc) is 3.25. The van der Waals surface area contributed by atoms with Crippen molar-refractivity contribution >= 4 is 17.8 Å². The summed E-state index contributed by atoms with van der Waals surface area (Å²) in [5.74, 6) is 1.72. The molecule has 0 spiro atoms. The Morgan fingerprint density at radius 2 is 1.78 bits per heavy atom. The molecular formula is C21H34N4O2. The second kappa shape index (κ2) is 7.64. The zero-order valence-electron chi connectivity index (χ0n) is 17.3. The van der Waals surface area contributed by atoms with Crippen molar-refractivity contribution in [3.05, 3.63) is 12.2 Å². The minimum atomic E-state index is -0.109. The van der Waals surface area contributed by atoms with Gasteiger partial charge in [-0.15, -0.1) is 0 Å². The maximum absolute atomic E-state index is 12.7. The van der Waals surface area contributed by atoms with Gasteiger partial charge in [0, 0.05) is 26.7 Å². The lowest BCUT2D eigenvalue weighted by Gasteiger charge is -2.28. The van der Waals surface area contributed by atoms with Gasteiger partial charge in [0.1, 0.15) is 0 Å². The molecule has 2 amide bonds. The molecule has 3 aliphatic rings. The Labute approximate surface area is 162 Å². The Morgan fingerprint density at radius 1 is 1.19 bits per heavy atom. The minimum absolute atomic E-state index is 0.0182. The molecule has 27 heavy (non-hydrogen) atoms. The largest absolute Gasteiger partial charge is 0.356 e. The summed E-state index contributed by atoms with van der Waals surface area (Å²) in [7, 11) is 1.74. The number of amides is 2. The summed E-state index contributed by atoms with van der Waals surface area (Å²) in [4.78, 5) is 31.1. The van der Waals surface area contributed by atoms with Crippen molar-refractivity contribution in [2.24, 2.45) is 40.0 Å². The minimum Gasteiger partial charge on any atom is -0.356 e. The van der Waals surface area contributed by atoms with Crippen molar-refractivity contribution in [1.29, 1.82) is 0 Å². The van der Waals surface area contributed by atoms with Gasteiger partial charge in [-0.2, -0.15) is 0 Å². The van der Waals surface area contributed by atoms with Crippen molar-refractivity contribution in [3.63, 3.8) is 0 Å². The van der Waals surface area contributed by atoms with Crippen LogP contribution in [0, 0.1) is 35.0 Å². The highest BCUT2D eigenvalue weighted by Gasteiger charge is 2.58. The third kappa shape index (κ3) is 4.04. The number of likely N-dealkylation sites (tertiary alicyclic amines) is 1. The number of rotatable bonds is 7. The Hall–Kier alpha value is -1.85. The smallest absolute Gasteiger partial charge is 0.233 e. The van der Waals surface area contributed by atoms with E-state index >= 15 is 0 Å². The van der Waals surface area contributed by atoms with E-state index in [1.54, 1.807) is 7.05 Å². The molecule has 150 valence electrons. The van der Waals surface area contributed by atoms with E-state index in [2.05, 4.69) is 55.5 Å². The van der Waals surface area contributed by atoms with Crippen LogP contribution in [-0.4, -0.2) is 49.4 Å². The zero-order chi connectivity index (χ0) is 19.8. The van der Waals surface area contributed by atoms with E-state index in [0.29, 0.717) is 25.0 Å². The molecule has 4 atom stereocenters. The van der Waals surface area contributed by atoms with Gasteiger partial charge in [-0.05, 0) is 36.0 Å². The highest BCUT2D eigenvalue weighted by atomic mass is 16.2. The monoisotopic (exact) mass is 374 g/mol. The van der Waals surface area contributed by atoms with Crippen LogP contribution in [0.25, 0.3) is 0 Å². The van der Waals surface area contributed by atoms with Crippen LogP contribution in [0.3, 0.4) is 0 Å². The van der Waals surface area contributed by atoms with E-state index in [4.69, 9.17) is 0 Å². The predicted molar refractivity (Wildman–Crippen MR) is 107 cm³/mol. The number of hydrogen-bond acceptors (Lipinski definition) is 3. The second-order valence-corrected chi connectivity index (χ2v) is 9.44. The Morgan fingerprint density at radius 3 is 2.30 bits per heavy atom. The van der Waals surface area contributed by atoms with Crippen LogP contribution in [0.15, 0.2) is 17.1 Å². The fraction of sp³-hybridized carbons (Fsp3) is 0.762. The van der Waals surface area contributed by atoms with E-state index in [9.17, 15) is 9.59 Å². The van der Waals surface area contributed by atoms with Gasteiger partial charge in [-0.3, -0.25) is 19.5 Å². The van der Waals surface area contributed by atoms with Gasteiger partial charge in [-0.25, -0.2) is 0 Å². The van der Waals surface area contributed by atoms with Crippen molar-refractivity contribution in [3.8, 4) is 0 Å². The molecule has 0 aromatic heterocycles. The molecule has 1 saturated carbocycles. The molecule has 0 aromatic rings. The van der Waals surface area contributed by atoms with Crippen molar-refractivity contribution in [2.75, 3.05) is 26.7 Å². The summed E-state index contributed by atoms with van der Waals surface area (Å²) in [5.41, 5.74) is 0.177. The highest BCUT2D eigenvalue weighted by Crippen LogP contribution is 2.52. The SMILES string of the molecule is CN=C(NCCN1C(=O)C2C3C=CC(C3)C2C1=O)NCC(C)(C)CC(C)C. The van der Waals surface area contributed by atoms with Crippen molar-refractivity contribution in [2.45, 2.75) is 40.5 Å². The molecular weight excluding hydrogens is 340 g/mol. The normalized spacial score (nSPS) is 29.9. The zero-order valence-corrected chi connectivity index (χ0v) is 17.3. The Balaban J connectivity index is 1.46. The van der Waals surface area contributed by atoms with E-state index in [1.165, 1.54) is 4.90 Å². The summed E-state index contributed by atoms with van der Waals surface area (Å²) in [5, 5.41) is 6.61. The van der Waals surface area contributed by atoms with E-state index < -0.39 is 0 Å². The Kier molecular flexibility index (Phi) is 5.63. The maximum atomic E-state index is 12.7. The van der Waals surface area contributed by atoms with Crippen LogP contribution >= 0.6 is 0 Å². The van der Waals surface area contributed by atoms with Crippen LogP contribution in [0.2, 0.25) is 0 Å². The first-order valence-corrected chi connectivity index (χ1v) is 10.2. The number of nitrogens with zero attached hydrogens (tertiary/aromatic N) is 2. The standard InChI is InChI=1S/C21H34N4O2/c1-13(2)11-21(3,4)12-24-20(22-5)23-8-9-25-18(26)16-14-6-7-15(10-14)17(16)19(25)27/h6-7,13-17H,8-12H2,1-5H3,(H2,22,23,24). The van der Waals surface area contributed by atoms with Gasteiger partial charge in [0.15, 0.2) is 5.96 Å². The van der Waals surface area contributed by atoms with Crippen molar-refractivity contribution < 1.29 is 9.59 Å². The van der Waals surface area contributed by atoms with Gasteiger partial charge in [0.25, 0.3) is 0 Å². The topological polar surface area (TPSA) is 73.8 Å². The van der Waals surface area contributed by atoms with Crippen LogP contribution in [0.4, 0.5) is 0 Å². The highest BCUT2D eigenvalue weighted by molar-refractivity contribution is 6.06. The van der Waals surface area contributed by atoms with Gasteiger partial charge >= 0.3 is 0 Å². The van der Waals surface area contributed by atoms with Crippen LogP contribution in [0.1, 0.15) is 40.5 Å². The summed E-state index contributed by atoms with van der Waals surface area (Å²) in [6.07, 6.45) is 6.36. The summed E-state index contributed by atoms with van der Waals surface area (Å²) >= 11 is 0. The average molecular weight is 375 g/mol. The van der Waals surface area contributed by atoms with Crippen LogP contribution in [-0.2, 0) is 9.59 Å². The number of hydrogen-bond donors (Lipinski definition) is 2. The molecule has 1 aliphatic heterocycles. The number of allylic oxidation sites excluding steroid dienone is 2. The molecule has 2 fully saturated rings. The summed E-state index contributed by atoms with van der Waals surface area (Å²) < 4.78 is 0. The number of imide groups is 1. The summed E-state index contributed by atoms with van der Waals surface area (Å²) in [6.45, 7) is 10.7. The number of carbonyl (C=O) groups excluding carboxylic acids is 2. The van der Waals surface area contributed by atoms with Gasteiger partial charge in [0.2, 0.25) is 11.8 Å². The molecule has 2 bridgehead atoms. The molecule has 0 radical (unpaired) electrons. The molecule has 2 N–H and O–H groups in total. The lowest BCUT2D eigenvalue weighted by Crippen LogP contribution is -2.46. The third-order valence-electron chi connectivity index (χ3n) is 6.11. The first kappa shape index (κ1) is 19.9.